The first-order valence-corrected chi connectivity index (χ1v) is 6.14. The number of benzene rings is 1. The highest BCUT2D eigenvalue weighted by atomic mass is 19.1. The van der Waals surface area contributed by atoms with E-state index in [1.165, 1.54) is 12.3 Å². The number of aryl methyl sites for hydroxylation is 2. The zero-order valence-corrected chi connectivity index (χ0v) is 11.3. The molecule has 1 N–H and O–H groups in total. The van der Waals surface area contributed by atoms with Crippen molar-refractivity contribution in [3.05, 3.63) is 53.1 Å². The van der Waals surface area contributed by atoms with Crippen LogP contribution in [0.4, 0.5) is 4.39 Å². The van der Waals surface area contributed by atoms with E-state index in [4.69, 9.17) is 0 Å². The molecule has 0 saturated carbocycles. The molecule has 2 aromatic rings. The maximum Gasteiger partial charge on any atom is 0.261 e. The molecule has 0 radical (unpaired) electrons. The normalized spacial score (nSPS) is 10.9. The summed E-state index contributed by atoms with van der Waals surface area (Å²) in [6.45, 7) is 3.81. The van der Waals surface area contributed by atoms with Crippen LogP contribution in [0.1, 0.15) is 17.0 Å². The van der Waals surface area contributed by atoms with Crippen LogP contribution in [-0.4, -0.2) is 21.9 Å². The van der Waals surface area contributed by atoms with Crippen molar-refractivity contribution in [2.75, 3.05) is 0 Å². The monoisotopic (exact) mass is 274 g/mol. The Labute approximate surface area is 116 Å². The van der Waals surface area contributed by atoms with Crippen molar-refractivity contribution in [2.45, 2.75) is 20.4 Å². The van der Waals surface area contributed by atoms with Crippen molar-refractivity contribution >= 4 is 12.1 Å². The molecular weight excluding hydrogens is 259 g/mol. The third-order valence-corrected chi connectivity index (χ3v) is 2.69. The van der Waals surface area contributed by atoms with E-state index >= 15 is 0 Å². The molecule has 104 valence electrons. The standard InChI is InChI=1S/C14H15FN4O/c1-10-7-11(2)19(18-10)9-14(20)17-16-8-12-5-3-4-6-13(12)15/h3-8H,9H2,1-2H3,(H,17,20)/b16-8-. The second kappa shape index (κ2) is 6.10. The summed E-state index contributed by atoms with van der Waals surface area (Å²) in [4.78, 5) is 11.7. The van der Waals surface area contributed by atoms with E-state index in [0.717, 1.165) is 11.4 Å². The lowest BCUT2D eigenvalue weighted by Gasteiger charge is -2.02. The van der Waals surface area contributed by atoms with Gasteiger partial charge in [0.1, 0.15) is 12.4 Å². The lowest BCUT2D eigenvalue weighted by atomic mass is 10.2. The van der Waals surface area contributed by atoms with Crippen molar-refractivity contribution in [2.24, 2.45) is 5.10 Å². The maximum atomic E-state index is 13.3. The Morgan fingerprint density at radius 3 is 2.85 bits per heavy atom. The first-order chi connectivity index (χ1) is 9.56. The van der Waals surface area contributed by atoms with Gasteiger partial charge in [-0.2, -0.15) is 10.2 Å². The molecule has 0 aliphatic heterocycles. The number of amides is 1. The molecule has 0 saturated heterocycles. The number of aromatic nitrogens is 2. The van der Waals surface area contributed by atoms with E-state index in [9.17, 15) is 9.18 Å². The van der Waals surface area contributed by atoms with Gasteiger partial charge in [0, 0.05) is 11.3 Å². The Kier molecular flexibility index (Phi) is 4.24. The molecule has 6 heteroatoms. The predicted octanol–water partition coefficient (Wildman–Crippen LogP) is 1.79. The Bertz CT molecular complexity index is 648. The summed E-state index contributed by atoms with van der Waals surface area (Å²) in [6.07, 6.45) is 1.27. The first kappa shape index (κ1) is 13.9. The Hall–Kier alpha value is -2.50. The van der Waals surface area contributed by atoms with Crippen molar-refractivity contribution < 1.29 is 9.18 Å². The highest BCUT2D eigenvalue weighted by Gasteiger charge is 2.06. The third-order valence-electron chi connectivity index (χ3n) is 2.69. The molecule has 0 aliphatic rings. The number of carbonyl (C=O) groups is 1. The molecule has 1 heterocycles. The highest BCUT2D eigenvalue weighted by Crippen LogP contribution is 2.03. The molecule has 0 bridgehead atoms. The molecule has 1 aromatic carbocycles. The number of nitrogens with one attached hydrogen (secondary N) is 1. The fourth-order valence-corrected chi connectivity index (χ4v) is 1.76. The van der Waals surface area contributed by atoms with Gasteiger partial charge >= 0.3 is 0 Å². The molecule has 1 amide bonds. The molecule has 0 fully saturated rings. The second-order valence-electron chi connectivity index (χ2n) is 4.40. The minimum Gasteiger partial charge on any atom is -0.271 e. The van der Waals surface area contributed by atoms with Gasteiger partial charge in [-0.05, 0) is 26.0 Å². The number of nitrogens with zero attached hydrogens (tertiary/aromatic N) is 3. The van der Waals surface area contributed by atoms with E-state index in [1.54, 1.807) is 22.9 Å². The van der Waals surface area contributed by atoms with Gasteiger partial charge in [0.25, 0.3) is 5.91 Å². The number of hydrogen-bond donors (Lipinski definition) is 1. The smallest absolute Gasteiger partial charge is 0.261 e. The minimum absolute atomic E-state index is 0.0777. The molecule has 1 aromatic heterocycles. The van der Waals surface area contributed by atoms with Crippen LogP contribution in [0.15, 0.2) is 35.4 Å². The maximum absolute atomic E-state index is 13.3. The van der Waals surface area contributed by atoms with Crippen molar-refractivity contribution in [1.82, 2.24) is 15.2 Å². The minimum atomic E-state index is -0.385. The molecule has 2 rings (SSSR count). The lowest BCUT2D eigenvalue weighted by molar-refractivity contribution is -0.121. The predicted molar refractivity (Wildman–Crippen MR) is 73.8 cm³/mol. The van der Waals surface area contributed by atoms with Gasteiger partial charge < -0.3 is 0 Å². The molecular formula is C14H15FN4O. The zero-order chi connectivity index (χ0) is 14.5. The van der Waals surface area contributed by atoms with Crippen LogP contribution in [-0.2, 0) is 11.3 Å². The van der Waals surface area contributed by atoms with Crippen LogP contribution in [0.5, 0.6) is 0 Å². The summed E-state index contributed by atoms with van der Waals surface area (Å²) >= 11 is 0. The molecule has 0 atom stereocenters. The summed E-state index contributed by atoms with van der Waals surface area (Å²) < 4.78 is 14.9. The van der Waals surface area contributed by atoms with Crippen LogP contribution in [0.2, 0.25) is 0 Å². The fraction of sp³-hybridized carbons (Fsp3) is 0.214. The zero-order valence-electron chi connectivity index (χ0n) is 11.3. The average molecular weight is 274 g/mol. The summed E-state index contributed by atoms with van der Waals surface area (Å²) in [5.41, 5.74) is 4.42. The largest absolute Gasteiger partial charge is 0.271 e. The van der Waals surface area contributed by atoms with E-state index in [2.05, 4.69) is 15.6 Å². The van der Waals surface area contributed by atoms with Gasteiger partial charge in [0.05, 0.1) is 11.9 Å². The second-order valence-corrected chi connectivity index (χ2v) is 4.40. The number of hydrogen-bond acceptors (Lipinski definition) is 3. The molecule has 5 nitrogen and oxygen atoms in total. The third kappa shape index (κ3) is 3.50. The van der Waals surface area contributed by atoms with Gasteiger partial charge in [-0.15, -0.1) is 0 Å². The van der Waals surface area contributed by atoms with E-state index in [-0.39, 0.29) is 18.3 Å². The van der Waals surface area contributed by atoms with Crippen molar-refractivity contribution in [3.8, 4) is 0 Å². The van der Waals surface area contributed by atoms with Gasteiger partial charge in [0.15, 0.2) is 0 Å². The van der Waals surface area contributed by atoms with Crippen LogP contribution in [0.3, 0.4) is 0 Å². The number of rotatable bonds is 4. The fourth-order valence-electron chi connectivity index (χ4n) is 1.76. The Morgan fingerprint density at radius 1 is 1.45 bits per heavy atom. The van der Waals surface area contributed by atoms with Crippen LogP contribution >= 0.6 is 0 Å². The molecule has 20 heavy (non-hydrogen) atoms. The van der Waals surface area contributed by atoms with Crippen molar-refractivity contribution in [3.63, 3.8) is 0 Å². The van der Waals surface area contributed by atoms with E-state index in [0.29, 0.717) is 5.56 Å². The molecule has 0 spiro atoms. The Balaban J connectivity index is 1.93. The summed E-state index contributed by atoms with van der Waals surface area (Å²) in [7, 11) is 0. The number of hydrazone groups is 1. The van der Waals surface area contributed by atoms with Crippen LogP contribution in [0, 0.1) is 19.7 Å². The van der Waals surface area contributed by atoms with Gasteiger partial charge in [-0.1, -0.05) is 18.2 Å². The average Bonchev–Trinajstić information content (AvgIpc) is 2.70. The quantitative estimate of drug-likeness (QED) is 0.682. The SMILES string of the molecule is Cc1cc(C)n(CC(=O)N/N=C\c2ccccc2F)n1. The van der Waals surface area contributed by atoms with Crippen LogP contribution < -0.4 is 5.43 Å². The first-order valence-electron chi connectivity index (χ1n) is 6.14. The van der Waals surface area contributed by atoms with Crippen LogP contribution in [0.25, 0.3) is 0 Å². The highest BCUT2D eigenvalue weighted by molar-refractivity contribution is 5.82. The molecule has 0 unspecified atom stereocenters. The summed E-state index contributed by atoms with van der Waals surface area (Å²) in [6, 6.07) is 8.08. The summed E-state index contributed by atoms with van der Waals surface area (Å²) in [5, 5.41) is 7.90. The van der Waals surface area contributed by atoms with Gasteiger partial charge in [0.2, 0.25) is 0 Å². The number of halogens is 1. The van der Waals surface area contributed by atoms with Crippen molar-refractivity contribution in [1.29, 1.82) is 0 Å². The van der Waals surface area contributed by atoms with E-state index in [1.807, 2.05) is 19.9 Å². The van der Waals surface area contributed by atoms with Gasteiger partial charge in [-0.3, -0.25) is 9.48 Å². The number of carbonyl (C=O) groups excluding carboxylic acids is 1. The Morgan fingerprint density at radius 2 is 2.20 bits per heavy atom. The topological polar surface area (TPSA) is 59.3 Å². The lowest BCUT2D eigenvalue weighted by Crippen LogP contribution is -2.24. The van der Waals surface area contributed by atoms with Gasteiger partial charge in [-0.25, -0.2) is 9.82 Å². The summed E-state index contributed by atoms with van der Waals surface area (Å²) in [5.74, 6) is -0.701. The molecule has 0 aliphatic carbocycles. The van der Waals surface area contributed by atoms with E-state index < -0.39 is 0 Å².